The van der Waals surface area contributed by atoms with Crippen molar-refractivity contribution in [2.45, 2.75) is 12.7 Å². The van der Waals surface area contributed by atoms with Crippen LogP contribution in [0.2, 0.25) is 0 Å². The Bertz CT molecular complexity index is 1060. The summed E-state index contributed by atoms with van der Waals surface area (Å²) in [5, 5.41) is 0.877. The minimum atomic E-state index is -2.64. The molecule has 5 rings (SSSR count). The molecule has 0 saturated carbocycles. The molecule has 0 aliphatic carbocycles. The van der Waals surface area contributed by atoms with Gasteiger partial charge in [0.15, 0.2) is 6.10 Å². The number of aromatic amines is 1. The molecule has 0 bridgehead atoms. The van der Waals surface area contributed by atoms with Gasteiger partial charge < -0.3 is 24.3 Å². The molecule has 9 nitrogen and oxygen atoms in total. The van der Waals surface area contributed by atoms with Crippen molar-refractivity contribution in [3.05, 3.63) is 30.9 Å². The lowest BCUT2D eigenvalue weighted by atomic mass is 10.2. The number of aromatic nitrogens is 4. The van der Waals surface area contributed by atoms with Gasteiger partial charge in [0.2, 0.25) is 0 Å². The molecule has 1 amide bonds. The van der Waals surface area contributed by atoms with E-state index in [1.54, 1.807) is 11.1 Å². The molecule has 2 aliphatic heterocycles. The van der Waals surface area contributed by atoms with Gasteiger partial charge in [0.05, 0.1) is 25.2 Å². The van der Waals surface area contributed by atoms with Gasteiger partial charge in [-0.3, -0.25) is 4.57 Å². The number of rotatable bonds is 4. The number of alkyl halides is 2. The topological polar surface area (TPSA) is 88.5 Å². The van der Waals surface area contributed by atoms with E-state index in [9.17, 15) is 13.6 Å². The van der Waals surface area contributed by atoms with Crippen molar-refractivity contribution < 1.29 is 23.0 Å². The Morgan fingerprint density at radius 3 is 2.70 bits per heavy atom. The van der Waals surface area contributed by atoms with Crippen molar-refractivity contribution in [2.24, 2.45) is 0 Å². The average Bonchev–Trinajstić information content (AvgIpc) is 3.37. The van der Waals surface area contributed by atoms with Crippen LogP contribution < -0.4 is 4.90 Å². The lowest BCUT2D eigenvalue weighted by Gasteiger charge is -2.37. The van der Waals surface area contributed by atoms with Crippen molar-refractivity contribution in [1.82, 2.24) is 24.4 Å². The van der Waals surface area contributed by atoms with Gasteiger partial charge in [-0.25, -0.2) is 14.8 Å². The lowest BCUT2D eigenvalue weighted by molar-refractivity contribution is -0.104. The monoisotopic (exact) mass is 418 g/mol. The summed E-state index contributed by atoms with van der Waals surface area (Å²) in [5.74, 6) is 0. The third-order valence-corrected chi connectivity index (χ3v) is 5.37. The van der Waals surface area contributed by atoms with Crippen LogP contribution in [0.15, 0.2) is 30.9 Å². The number of anilines is 1. The molecule has 0 radical (unpaired) electrons. The number of hydrogen-bond donors (Lipinski definition) is 1. The van der Waals surface area contributed by atoms with Gasteiger partial charge in [-0.2, -0.15) is 8.78 Å². The number of nitrogens with one attached hydrogen (secondary N) is 1. The van der Waals surface area contributed by atoms with Gasteiger partial charge in [-0.05, 0) is 12.1 Å². The Labute approximate surface area is 170 Å². The summed E-state index contributed by atoms with van der Waals surface area (Å²) >= 11 is 0. The smallest absolute Gasteiger partial charge is 0.410 e. The summed E-state index contributed by atoms with van der Waals surface area (Å²) in [5.41, 5.74) is 2.66. The predicted molar refractivity (Wildman–Crippen MR) is 103 cm³/mol. The quantitative estimate of drug-likeness (QED) is 0.700. The summed E-state index contributed by atoms with van der Waals surface area (Å²) in [6.45, 7) is 0.687. The molecule has 30 heavy (non-hydrogen) atoms. The van der Waals surface area contributed by atoms with Crippen LogP contribution in [0.3, 0.4) is 0 Å². The number of carbonyl (C=O) groups is 1. The molecular weight excluding hydrogens is 398 g/mol. The van der Waals surface area contributed by atoms with Crippen molar-refractivity contribution in [3.63, 3.8) is 0 Å². The SMILES string of the molecule is O=C(OC1COC1)N1CCN(c2ccnc3[nH]c(-c4cn(C(F)F)cn4)cc23)CC1. The molecule has 2 saturated heterocycles. The van der Waals surface area contributed by atoms with Gasteiger partial charge in [0, 0.05) is 49.6 Å². The number of ether oxygens (including phenoxy) is 2. The minimum absolute atomic E-state index is 0.137. The van der Waals surface area contributed by atoms with Crippen LogP contribution >= 0.6 is 0 Å². The van der Waals surface area contributed by atoms with E-state index < -0.39 is 6.55 Å². The van der Waals surface area contributed by atoms with E-state index in [4.69, 9.17) is 9.47 Å². The standard InChI is InChI=1S/C19H20F2N6O3/c20-18(21)27-8-15(23-11-27)14-7-13-16(1-2-22-17(13)24-14)25-3-5-26(6-4-25)19(28)30-12-9-29-10-12/h1-2,7-8,11-12,18H,3-6,9-10H2,(H,22,24). The van der Waals surface area contributed by atoms with E-state index in [1.165, 1.54) is 6.20 Å². The lowest BCUT2D eigenvalue weighted by Crippen LogP contribution is -2.51. The number of pyridine rings is 1. The fourth-order valence-corrected chi connectivity index (χ4v) is 3.64. The number of amides is 1. The number of imidazole rings is 1. The van der Waals surface area contributed by atoms with Crippen LogP contribution in [-0.4, -0.2) is 76.0 Å². The first-order valence-corrected chi connectivity index (χ1v) is 9.66. The zero-order valence-corrected chi connectivity index (χ0v) is 16.0. The van der Waals surface area contributed by atoms with E-state index in [2.05, 4.69) is 19.9 Å². The molecule has 3 aromatic heterocycles. The second kappa shape index (κ2) is 7.56. The normalized spacial score (nSPS) is 17.6. The van der Waals surface area contributed by atoms with E-state index in [0.29, 0.717) is 56.4 Å². The third kappa shape index (κ3) is 3.45. The zero-order chi connectivity index (χ0) is 20.7. The van der Waals surface area contributed by atoms with Crippen molar-refractivity contribution in [3.8, 4) is 11.4 Å². The first-order chi connectivity index (χ1) is 14.6. The molecule has 11 heteroatoms. The number of nitrogens with zero attached hydrogens (tertiary/aromatic N) is 5. The van der Waals surface area contributed by atoms with E-state index >= 15 is 0 Å². The number of H-pyrrole nitrogens is 1. The third-order valence-electron chi connectivity index (χ3n) is 5.37. The zero-order valence-electron chi connectivity index (χ0n) is 16.0. The Morgan fingerprint density at radius 1 is 1.23 bits per heavy atom. The Hall–Kier alpha value is -3.21. The molecular formula is C19H20F2N6O3. The maximum absolute atomic E-state index is 12.8. The molecule has 5 heterocycles. The highest BCUT2D eigenvalue weighted by Crippen LogP contribution is 2.30. The maximum Gasteiger partial charge on any atom is 0.410 e. The summed E-state index contributed by atoms with van der Waals surface area (Å²) in [6.07, 6.45) is 3.66. The maximum atomic E-state index is 12.8. The van der Waals surface area contributed by atoms with Crippen LogP contribution in [0.1, 0.15) is 6.55 Å². The average molecular weight is 418 g/mol. The fourth-order valence-electron chi connectivity index (χ4n) is 3.64. The predicted octanol–water partition coefficient (Wildman–Crippen LogP) is 2.48. The first kappa shape index (κ1) is 18.8. The van der Waals surface area contributed by atoms with Crippen LogP contribution in [-0.2, 0) is 9.47 Å². The van der Waals surface area contributed by atoms with E-state index in [-0.39, 0.29) is 12.2 Å². The molecule has 0 unspecified atom stereocenters. The Kier molecular flexibility index (Phi) is 4.74. The first-order valence-electron chi connectivity index (χ1n) is 9.66. The minimum Gasteiger partial charge on any atom is -0.441 e. The largest absolute Gasteiger partial charge is 0.441 e. The molecule has 0 spiro atoms. The van der Waals surface area contributed by atoms with Crippen LogP contribution in [0.5, 0.6) is 0 Å². The summed E-state index contributed by atoms with van der Waals surface area (Å²) < 4.78 is 36.8. The number of piperazine rings is 1. The number of hydrogen-bond acceptors (Lipinski definition) is 6. The Morgan fingerprint density at radius 2 is 2.03 bits per heavy atom. The van der Waals surface area contributed by atoms with Crippen molar-refractivity contribution >= 4 is 22.8 Å². The van der Waals surface area contributed by atoms with Crippen LogP contribution in [0.4, 0.5) is 19.3 Å². The summed E-state index contributed by atoms with van der Waals surface area (Å²) in [4.78, 5) is 27.7. The van der Waals surface area contributed by atoms with Gasteiger partial charge in [-0.15, -0.1) is 0 Å². The van der Waals surface area contributed by atoms with Gasteiger partial charge in [0.1, 0.15) is 11.3 Å². The fraction of sp³-hybridized carbons (Fsp3) is 0.421. The molecule has 2 aliphatic rings. The highest BCUT2D eigenvalue weighted by molar-refractivity contribution is 5.93. The van der Waals surface area contributed by atoms with Gasteiger partial charge in [0.25, 0.3) is 0 Å². The summed E-state index contributed by atoms with van der Waals surface area (Å²) in [6, 6.07) is 3.78. The van der Waals surface area contributed by atoms with Crippen LogP contribution in [0.25, 0.3) is 22.4 Å². The molecule has 3 aromatic rings. The number of carbonyl (C=O) groups excluding carboxylic acids is 1. The Balaban J connectivity index is 1.32. The second-order valence-electron chi connectivity index (χ2n) is 7.28. The molecule has 0 atom stereocenters. The van der Waals surface area contributed by atoms with Gasteiger partial charge in [-0.1, -0.05) is 0 Å². The van der Waals surface area contributed by atoms with Crippen LogP contribution in [0, 0.1) is 0 Å². The molecule has 2 fully saturated rings. The molecule has 0 aromatic carbocycles. The molecule has 1 N–H and O–H groups in total. The molecule has 158 valence electrons. The van der Waals surface area contributed by atoms with Crippen molar-refractivity contribution in [1.29, 1.82) is 0 Å². The highest BCUT2D eigenvalue weighted by Gasteiger charge is 2.28. The number of fused-ring (bicyclic) bond motifs is 1. The van der Waals surface area contributed by atoms with Gasteiger partial charge >= 0.3 is 12.6 Å². The highest BCUT2D eigenvalue weighted by atomic mass is 19.3. The summed E-state index contributed by atoms with van der Waals surface area (Å²) in [7, 11) is 0. The second-order valence-corrected chi connectivity index (χ2v) is 7.28. The van der Waals surface area contributed by atoms with E-state index in [0.717, 1.165) is 22.0 Å². The number of halogens is 2. The van der Waals surface area contributed by atoms with Crippen molar-refractivity contribution in [2.75, 3.05) is 44.3 Å². The van der Waals surface area contributed by atoms with E-state index in [1.807, 2.05) is 12.1 Å².